The molecule has 1 heterocycles. The first-order chi connectivity index (χ1) is 10.2. The molecule has 128 valence electrons. The molecule has 2 atom stereocenters. The van der Waals surface area contributed by atoms with E-state index in [1.54, 1.807) is 11.3 Å². The van der Waals surface area contributed by atoms with Crippen LogP contribution in [0.5, 0.6) is 0 Å². The van der Waals surface area contributed by atoms with Gasteiger partial charge in [-0.1, -0.05) is 20.8 Å². The Kier molecular flexibility index (Phi) is 11.9. The predicted octanol–water partition coefficient (Wildman–Crippen LogP) is 3.71. The lowest BCUT2D eigenvalue weighted by atomic mass is 10.1. The van der Waals surface area contributed by atoms with Gasteiger partial charge < -0.3 is 10.6 Å². The lowest BCUT2D eigenvalue weighted by Gasteiger charge is -2.30. The molecule has 0 saturated carbocycles. The molecule has 0 bridgehead atoms. The number of nitrogens with zero attached hydrogens (tertiary/aromatic N) is 2. The molecule has 22 heavy (non-hydrogen) atoms. The van der Waals surface area contributed by atoms with Crippen LogP contribution in [0.3, 0.4) is 0 Å². The van der Waals surface area contributed by atoms with Gasteiger partial charge in [-0.2, -0.15) is 11.3 Å². The lowest BCUT2D eigenvalue weighted by Crippen LogP contribution is -2.45. The molecule has 1 aromatic rings. The number of rotatable bonds is 8. The minimum atomic E-state index is 0. The molecule has 2 N–H and O–H groups in total. The Morgan fingerprint density at radius 1 is 1.32 bits per heavy atom. The average Bonchev–Trinajstić information content (AvgIpc) is 3.03. The SMILES string of the molecule is CCC(C)NC(=NC)NCC(c1ccsc1)N(CC)CC.I. The van der Waals surface area contributed by atoms with E-state index < -0.39 is 0 Å². The summed E-state index contributed by atoms with van der Waals surface area (Å²) in [6, 6.07) is 3.05. The van der Waals surface area contributed by atoms with E-state index in [0.717, 1.165) is 32.0 Å². The summed E-state index contributed by atoms with van der Waals surface area (Å²) >= 11 is 1.76. The first-order valence-corrected chi connectivity index (χ1v) is 8.83. The highest BCUT2D eigenvalue weighted by Crippen LogP contribution is 2.22. The topological polar surface area (TPSA) is 39.7 Å². The van der Waals surface area contributed by atoms with Crippen LogP contribution in [-0.4, -0.2) is 43.6 Å². The third-order valence-electron chi connectivity index (χ3n) is 3.86. The van der Waals surface area contributed by atoms with Gasteiger partial charge in [-0.05, 0) is 48.8 Å². The highest BCUT2D eigenvalue weighted by atomic mass is 127. The van der Waals surface area contributed by atoms with Crippen molar-refractivity contribution in [3.63, 3.8) is 0 Å². The second-order valence-corrected chi connectivity index (χ2v) is 5.98. The van der Waals surface area contributed by atoms with E-state index in [9.17, 15) is 0 Å². The molecule has 0 fully saturated rings. The van der Waals surface area contributed by atoms with Crippen LogP contribution in [0.2, 0.25) is 0 Å². The Hall–Kier alpha value is -0.340. The van der Waals surface area contributed by atoms with Crippen LogP contribution in [0.25, 0.3) is 0 Å². The van der Waals surface area contributed by atoms with Crippen LogP contribution in [0.1, 0.15) is 45.7 Å². The molecular formula is C16H31IN4S. The highest BCUT2D eigenvalue weighted by Gasteiger charge is 2.18. The zero-order valence-electron chi connectivity index (χ0n) is 14.4. The molecule has 0 aromatic carbocycles. The molecule has 2 unspecified atom stereocenters. The van der Waals surface area contributed by atoms with Gasteiger partial charge in [0.05, 0.1) is 6.04 Å². The first-order valence-electron chi connectivity index (χ1n) is 7.89. The van der Waals surface area contributed by atoms with E-state index in [1.165, 1.54) is 5.56 Å². The Morgan fingerprint density at radius 2 is 2.00 bits per heavy atom. The number of hydrogen-bond acceptors (Lipinski definition) is 3. The van der Waals surface area contributed by atoms with Crippen molar-refractivity contribution in [2.24, 2.45) is 4.99 Å². The van der Waals surface area contributed by atoms with Crippen LogP contribution >= 0.6 is 35.3 Å². The zero-order chi connectivity index (χ0) is 15.7. The van der Waals surface area contributed by atoms with Gasteiger partial charge in [0.15, 0.2) is 5.96 Å². The molecule has 6 heteroatoms. The standard InChI is InChI=1S/C16H30N4S.HI/c1-6-13(4)19-16(17-5)18-11-15(20(7-2)8-3)14-9-10-21-12-14;/h9-10,12-13,15H,6-8,11H2,1-5H3,(H2,17,18,19);1H. The number of hydrogen-bond donors (Lipinski definition) is 2. The Bertz CT molecular complexity index is 404. The van der Waals surface area contributed by atoms with Crippen molar-refractivity contribution < 1.29 is 0 Å². The molecule has 0 aliphatic rings. The molecule has 0 aliphatic heterocycles. The minimum absolute atomic E-state index is 0. The van der Waals surface area contributed by atoms with Crippen LogP contribution in [0.15, 0.2) is 21.8 Å². The van der Waals surface area contributed by atoms with Crippen LogP contribution < -0.4 is 10.6 Å². The molecule has 0 spiro atoms. The number of guanidine groups is 1. The lowest BCUT2D eigenvalue weighted by molar-refractivity contribution is 0.219. The maximum Gasteiger partial charge on any atom is 0.191 e. The maximum atomic E-state index is 4.32. The van der Waals surface area contributed by atoms with Crippen LogP contribution in [-0.2, 0) is 0 Å². The van der Waals surface area contributed by atoms with Gasteiger partial charge in [-0.3, -0.25) is 9.89 Å². The first kappa shape index (κ1) is 21.7. The van der Waals surface area contributed by atoms with Crippen molar-refractivity contribution in [1.82, 2.24) is 15.5 Å². The van der Waals surface area contributed by atoms with Gasteiger partial charge in [-0.15, -0.1) is 24.0 Å². The summed E-state index contributed by atoms with van der Waals surface area (Å²) in [4.78, 5) is 6.80. The van der Waals surface area contributed by atoms with Crippen molar-refractivity contribution in [1.29, 1.82) is 0 Å². The summed E-state index contributed by atoms with van der Waals surface area (Å²) in [5.74, 6) is 0.886. The molecular weight excluding hydrogens is 407 g/mol. The summed E-state index contributed by atoms with van der Waals surface area (Å²) in [6.45, 7) is 11.8. The fourth-order valence-electron chi connectivity index (χ4n) is 2.31. The molecule has 0 saturated heterocycles. The van der Waals surface area contributed by atoms with Crippen molar-refractivity contribution in [3.8, 4) is 0 Å². The molecule has 1 aromatic heterocycles. The predicted molar refractivity (Wildman–Crippen MR) is 110 cm³/mol. The average molecular weight is 438 g/mol. The normalized spacial score (nSPS) is 14.4. The van der Waals surface area contributed by atoms with Gasteiger partial charge in [0.2, 0.25) is 0 Å². The fourth-order valence-corrected chi connectivity index (χ4v) is 3.02. The van der Waals surface area contributed by atoms with Gasteiger partial charge in [0.1, 0.15) is 0 Å². The van der Waals surface area contributed by atoms with Crippen molar-refractivity contribution in [2.45, 2.75) is 46.2 Å². The minimum Gasteiger partial charge on any atom is -0.354 e. The Labute approximate surface area is 156 Å². The van der Waals surface area contributed by atoms with E-state index in [-0.39, 0.29) is 24.0 Å². The maximum absolute atomic E-state index is 4.32. The smallest absolute Gasteiger partial charge is 0.191 e. The summed E-state index contributed by atoms with van der Waals surface area (Å²) in [7, 11) is 1.83. The van der Waals surface area contributed by atoms with Gasteiger partial charge in [0.25, 0.3) is 0 Å². The highest BCUT2D eigenvalue weighted by molar-refractivity contribution is 14.0. The number of halogens is 1. The van der Waals surface area contributed by atoms with E-state index in [0.29, 0.717) is 12.1 Å². The third kappa shape index (κ3) is 6.83. The van der Waals surface area contributed by atoms with E-state index in [2.05, 4.69) is 65.0 Å². The molecule has 4 nitrogen and oxygen atoms in total. The Morgan fingerprint density at radius 3 is 2.45 bits per heavy atom. The number of aliphatic imine (C=N–C) groups is 1. The number of nitrogens with one attached hydrogen (secondary N) is 2. The van der Waals surface area contributed by atoms with E-state index >= 15 is 0 Å². The second-order valence-electron chi connectivity index (χ2n) is 5.20. The molecule has 1 rings (SSSR count). The van der Waals surface area contributed by atoms with Gasteiger partial charge in [0, 0.05) is 19.6 Å². The van der Waals surface area contributed by atoms with Crippen molar-refractivity contribution in [2.75, 3.05) is 26.7 Å². The third-order valence-corrected chi connectivity index (χ3v) is 4.56. The van der Waals surface area contributed by atoms with Crippen LogP contribution in [0, 0.1) is 0 Å². The largest absolute Gasteiger partial charge is 0.354 e. The Balaban J connectivity index is 0.00000441. The van der Waals surface area contributed by atoms with E-state index in [4.69, 9.17) is 0 Å². The summed E-state index contributed by atoms with van der Waals surface area (Å²) < 4.78 is 0. The number of likely N-dealkylation sites (N-methyl/N-ethyl adjacent to an activating group) is 1. The monoisotopic (exact) mass is 438 g/mol. The van der Waals surface area contributed by atoms with Crippen LogP contribution in [0.4, 0.5) is 0 Å². The summed E-state index contributed by atoms with van der Waals surface area (Å²) in [5, 5.41) is 11.3. The molecule has 0 amide bonds. The van der Waals surface area contributed by atoms with Crippen molar-refractivity contribution in [3.05, 3.63) is 22.4 Å². The summed E-state index contributed by atoms with van der Waals surface area (Å²) in [6.07, 6.45) is 1.09. The fraction of sp³-hybridized carbons (Fsp3) is 0.688. The molecule has 0 radical (unpaired) electrons. The molecule has 0 aliphatic carbocycles. The second kappa shape index (κ2) is 12.1. The van der Waals surface area contributed by atoms with E-state index in [1.807, 2.05) is 7.05 Å². The number of thiophene rings is 1. The van der Waals surface area contributed by atoms with Crippen molar-refractivity contribution >= 4 is 41.3 Å². The van der Waals surface area contributed by atoms with Gasteiger partial charge >= 0.3 is 0 Å². The van der Waals surface area contributed by atoms with Gasteiger partial charge in [-0.25, -0.2) is 0 Å². The summed E-state index contributed by atoms with van der Waals surface area (Å²) in [5.41, 5.74) is 1.38. The quantitative estimate of drug-likeness (QED) is 0.369. The zero-order valence-corrected chi connectivity index (χ0v) is 17.6.